The number of allylic oxidation sites excluding steroid dienone is 4. The average Bonchev–Trinajstić information content (AvgIpc) is 3.29. The number of carbonyl (C=O) groups excluding carboxylic acids is 1. The van der Waals surface area contributed by atoms with Gasteiger partial charge in [0, 0.05) is 9.14 Å². The summed E-state index contributed by atoms with van der Waals surface area (Å²) in [6.07, 6.45) is -18.6. The Balaban J connectivity index is 1.60. The van der Waals surface area contributed by atoms with E-state index in [9.17, 15) is 54.2 Å². The molecule has 5 nitrogen and oxygen atoms in total. The molecule has 2 aliphatic rings. The smallest absolute Gasteiger partial charge is 0.430 e. The number of carbonyl (C=O) groups is 2. The number of hydrogen-bond acceptors (Lipinski definition) is 3. The summed E-state index contributed by atoms with van der Waals surface area (Å²) in [6, 6.07) is 6.73. The average molecular weight is 845 g/mol. The van der Waals surface area contributed by atoms with Crippen molar-refractivity contribution in [3.05, 3.63) is 121 Å². The van der Waals surface area contributed by atoms with Crippen molar-refractivity contribution in [2.45, 2.75) is 62.7 Å². The Bertz CT molecular complexity index is 1940. The topological polar surface area (TPSA) is 66.8 Å². The van der Waals surface area contributed by atoms with Crippen LogP contribution in [-0.2, 0) is 23.6 Å². The number of cyclic esters (lactones) is 1. The standard InChI is InChI=1S/C34H23F11INO4/c1-15-8-17(29(48)49)6-7-22(15)23-12-24(31(36,13-25(23)35)34(43,44)45)27-18(4-3-5-26(27)46)14-47-16(2)28(51-30(47)50)19-9-20(32(37,38)39)11-21(10-19)33(40,41)42/h3-13,16,23,28H,14H2,1-2H3,(H,48,49)/t16-,23?,28-,31?/m0/s1. The van der Waals surface area contributed by atoms with Gasteiger partial charge in [0.15, 0.2) is 0 Å². The predicted octanol–water partition coefficient (Wildman–Crippen LogP) is 10.7. The third kappa shape index (κ3) is 7.17. The van der Waals surface area contributed by atoms with Gasteiger partial charge in [-0.05, 0) is 107 Å². The molecular formula is C34H23F11INO4. The zero-order valence-electron chi connectivity index (χ0n) is 25.9. The van der Waals surface area contributed by atoms with Crippen LogP contribution in [0.1, 0.15) is 68.2 Å². The van der Waals surface area contributed by atoms with E-state index in [0.29, 0.717) is 18.2 Å². The van der Waals surface area contributed by atoms with Crippen LogP contribution in [0.25, 0.3) is 5.57 Å². The summed E-state index contributed by atoms with van der Waals surface area (Å²) in [5.74, 6) is -4.45. The normalized spacial score (nSPS) is 22.8. The van der Waals surface area contributed by atoms with Crippen molar-refractivity contribution in [1.82, 2.24) is 4.90 Å². The van der Waals surface area contributed by atoms with Crippen LogP contribution in [0.15, 0.2) is 72.6 Å². The van der Waals surface area contributed by atoms with Crippen molar-refractivity contribution in [1.29, 1.82) is 0 Å². The first-order chi connectivity index (χ1) is 23.4. The van der Waals surface area contributed by atoms with E-state index in [1.165, 1.54) is 38.1 Å². The number of aryl methyl sites for hydroxylation is 1. The molecule has 1 aliphatic heterocycles. The van der Waals surface area contributed by atoms with Gasteiger partial charge in [-0.25, -0.2) is 18.4 Å². The number of aromatic carboxylic acids is 1. The fourth-order valence-electron chi connectivity index (χ4n) is 6.11. The Morgan fingerprint density at radius 3 is 2.10 bits per heavy atom. The number of ether oxygens (including phenoxy) is 1. The van der Waals surface area contributed by atoms with E-state index in [1.807, 2.05) is 0 Å². The highest BCUT2D eigenvalue weighted by atomic mass is 127. The molecule has 0 bridgehead atoms. The molecule has 1 amide bonds. The molecular weight excluding hydrogens is 822 g/mol. The van der Waals surface area contributed by atoms with Gasteiger partial charge in [0.25, 0.3) is 5.67 Å². The second-order valence-corrected chi connectivity index (χ2v) is 13.1. The molecule has 51 heavy (non-hydrogen) atoms. The molecule has 5 rings (SSSR count). The van der Waals surface area contributed by atoms with Crippen LogP contribution >= 0.6 is 22.6 Å². The minimum atomic E-state index is -5.72. The van der Waals surface area contributed by atoms with Crippen LogP contribution in [0.3, 0.4) is 0 Å². The summed E-state index contributed by atoms with van der Waals surface area (Å²) in [5.41, 5.74) is -9.99. The van der Waals surface area contributed by atoms with E-state index in [-0.39, 0.29) is 38.0 Å². The number of rotatable bonds is 6. The summed E-state index contributed by atoms with van der Waals surface area (Å²) < 4.78 is 162. The van der Waals surface area contributed by atoms with Gasteiger partial charge in [-0.1, -0.05) is 24.3 Å². The number of nitrogens with zero attached hydrogens (tertiary/aromatic N) is 1. The Morgan fingerprint density at radius 2 is 1.57 bits per heavy atom. The second kappa shape index (κ2) is 13.1. The summed E-state index contributed by atoms with van der Waals surface area (Å²) in [6.45, 7) is 1.98. The summed E-state index contributed by atoms with van der Waals surface area (Å²) in [5, 5.41) is 9.30. The largest absolute Gasteiger partial charge is 0.478 e. The Kier molecular flexibility index (Phi) is 9.79. The predicted molar refractivity (Wildman–Crippen MR) is 168 cm³/mol. The summed E-state index contributed by atoms with van der Waals surface area (Å²) in [4.78, 5) is 25.3. The SMILES string of the molecule is Cc1cc(C(=O)O)ccc1C1C=C(c2c(I)cccc2CN2C(=O)O[C@H](c3cc(C(F)(F)F)cc(C(F)(F)F)c3)[C@@H]2C)C(F)(C(F)(F)F)C=C1F. The van der Waals surface area contributed by atoms with Crippen molar-refractivity contribution < 1.29 is 67.7 Å². The molecule has 2 unspecified atom stereocenters. The lowest BCUT2D eigenvalue weighted by atomic mass is 9.77. The van der Waals surface area contributed by atoms with Gasteiger partial charge in [-0.15, -0.1) is 0 Å². The fourth-order valence-corrected chi connectivity index (χ4v) is 6.95. The monoisotopic (exact) mass is 845 g/mol. The molecule has 1 fully saturated rings. The van der Waals surface area contributed by atoms with Crippen LogP contribution < -0.4 is 0 Å². The second-order valence-electron chi connectivity index (χ2n) is 12.0. The highest BCUT2D eigenvalue weighted by Gasteiger charge is 2.60. The van der Waals surface area contributed by atoms with Crippen LogP contribution in [0.2, 0.25) is 0 Å². The van der Waals surface area contributed by atoms with E-state index in [2.05, 4.69) is 0 Å². The number of carboxylic acids is 1. The van der Waals surface area contributed by atoms with Crippen molar-refractivity contribution in [2.75, 3.05) is 0 Å². The molecule has 0 saturated carbocycles. The zero-order valence-corrected chi connectivity index (χ0v) is 28.1. The Morgan fingerprint density at radius 1 is 0.961 bits per heavy atom. The van der Waals surface area contributed by atoms with Crippen molar-refractivity contribution in [3.63, 3.8) is 0 Å². The number of benzene rings is 3. The molecule has 17 heteroatoms. The van der Waals surface area contributed by atoms with Crippen LogP contribution in [0, 0.1) is 10.5 Å². The van der Waals surface area contributed by atoms with Crippen LogP contribution in [0.4, 0.5) is 53.1 Å². The third-order valence-electron chi connectivity index (χ3n) is 8.66. The minimum Gasteiger partial charge on any atom is -0.478 e. The van der Waals surface area contributed by atoms with Gasteiger partial charge in [0.1, 0.15) is 11.9 Å². The van der Waals surface area contributed by atoms with Gasteiger partial charge in [-0.3, -0.25) is 4.90 Å². The van der Waals surface area contributed by atoms with Crippen LogP contribution in [0.5, 0.6) is 0 Å². The Hall–Kier alpha value is -4.16. The molecule has 0 aromatic heterocycles. The molecule has 1 heterocycles. The molecule has 1 saturated heterocycles. The van der Waals surface area contributed by atoms with Gasteiger partial charge in [-0.2, -0.15) is 39.5 Å². The summed E-state index contributed by atoms with van der Waals surface area (Å²) >= 11 is 1.61. The molecule has 1 N–H and O–H groups in total. The number of amides is 1. The van der Waals surface area contributed by atoms with Gasteiger partial charge in [0.05, 0.1) is 35.2 Å². The van der Waals surface area contributed by atoms with Gasteiger partial charge in [0.2, 0.25) is 0 Å². The quantitative estimate of drug-likeness (QED) is 0.198. The number of carboxylic acid groups (broad SMARTS) is 1. The lowest BCUT2D eigenvalue weighted by molar-refractivity contribution is -0.192. The van der Waals surface area contributed by atoms with Crippen LogP contribution in [-0.4, -0.2) is 40.0 Å². The molecule has 272 valence electrons. The van der Waals surface area contributed by atoms with E-state index < -0.39 is 94.5 Å². The van der Waals surface area contributed by atoms with E-state index in [4.69, 9.17) is 4.74 Å². The molecule has 4 atom stereocenters. The van der Waals surface area contributed by atoms with E-state index in [0.717, 1.165) is 17.0 Å². The third-order valence-corrected chi connectivity index (χ3v) is 9.56. The van der Waals surface area contributed by atoms with Crippen molar-refractivity contribution >= 4 is 40.2 Å². The minimum absolute atomic E-state index is 0.0134. The van der Waals surface area contributed by atoms with Gasteiger partial charge < -0.3 is 9.84 Å². The lowest BCUT2D eigenvalue weighted by Crippen LogP contribution is -2.43. The van der Waals surface area contributed by atoms with E-state index >= 15 is 8.78 Å². The first kappa shape index (κ1) is 38.1. The first-order valence-electron chi connectivity index (χ1n) is 14.7. The maximum absolute atomic E-state index is 16.3. The Labute approximate surface area is 295 Å². The number of hydrogen-bond donors (Lipinski definition) is 1. The highest BCUT2D eigenvalue weighted by molar-refractivity contribution is 14.1. The lowest BCUT2D eigenvalue weighted by Gasteiger charge is -2.35. The highest BCUT2D eigenvalue weighted by Crippen LogP contribution is 2.53. The molecule has 1 aliphatic carbocycles. The van der Waals surface area contributed by atoms with Gasteiger partial charge >= 0.3 is 30.6 Å². The number of alkyl halides is 10. The summed E-state index contributed by atoms with van der Waals surface area (Å²) in [7, 11) is 0. The maximum atomic E-state index is 16.3. The molecule has 3 aromatic carbocycles. The number of halogens is 12. The molecule has 3 aromatic rings. The van der Waals surface area contributed by atoms with Crippen molar-refractivity contribution in [2.24, 2.45) is 0 Å². The molecule has 0 spiro atoms. The zero-order chi connectivity index (χ0) is 38.0. The fraction of sp³-hybridized carbons (Fsp3) is 0.294. The van der Waals surface area contributed by atoms with Crippen molar-refractivity contribution in [3.8, 4) is 0 Å². The first-order valence-corrected chi connectivity index (χ1v) is 15.8. The maximum Gasteiger partial charge on any atom is 0.430 e. The van der Waals surface area contributed by atoms with E-state index in [1.54, 1.807) is 22.6 Å². The molecule has 0 radical (unpaired) electrons.